The molecule has 2 fully saturated rings. The SMILES string of the molecule is C=C/C(=C\C)c1ccc(CN2CCC(CC#N)(n3cc(C(N)=O)c(CC(=O)C4CC4C#N)n3)C(F)C2)c(F)c1. The zero-order chi connectivity index (χ0) is 28.3. The lowest BCUT2D eigenvalue weighted by molar-refractivity contribution is -0.119. The summed E-state index contributed by atoms with van der Waals surface area (Å²) >= 11 is 0. The van der Waals surface area contributed by atoms with E-state index in [-0.39, 0.29) is 55.3 Å². The van der Waals surface area contributed by atoms with Gasteiger partial charge in [-0.3, -0.25) is 19.2 Å². The second kappa shape index (κ2) is 11.3. The highest BCUT2D eigenvalue weighted by molar-refractivity contribution is 5.96. The number of rotatable bonds is 10. The number of Topliss-reactive ketones (excluding diaryl/α,β-unsaturated/α-hetero) is 1. The predicted octanol–water partition coefficient (Wildman–Crippen LogP) is 3.83. The summed E-state index contributed by atoms with van der Waals surface area (Å²) in [5, 5.41) is 23.0. The number of alkyl halides is 1. The Bertz CT molecular complexity index is 1420. The van der Waals surface area contributed by atoms with Crippen LogP contribution < -0.4 is 5.73 Å². The summed E-state index contributed by atoms with van der Waals surface area (Å²) < 4.78 is 32.1. The number of allylic oxidation sites excluding steroid dienone is 3. The number of benzene rings is 1. The van der Waals surface area contributed by atoms with E-state index in [0.29, 0.717) is 24.1 Å². The Kier molecular flexibility index (Phi) is 8.08. The topological polar surface area (TPSA) is 129 Å². The van der Waals surface area contributed by atoms with Crippen LogP contribution >= 0.6 is 0 Å². The summed E-state index contributed by atoms with van der Waals surface area (Å²) in [5.74, 6) is -2.18. The van der Waals surface area contributed by atoms with E-state index >= 15 is 4.39 Å². The van der Waals surface area contributed by atoms with Crippen LogP contribution in [-0.2, 0) is 23.3 Å². The Hall–Kier alpha value is -4.15. The monoisotopic (exact) mass is 532 g/mol. The van der Waals surface area contributed by atoms with Gasteiger partial charge in [0.15, 0.2) is 0 Å². The number of likely N-dealkylation sites (tertiary alicyclic amines) is 1. The second-order valence-corrected chi connectivity index (χ2v) is 10.2. The molecular weight excluding hydrogens is 502 g/mol. The number of nitrogens with two attached hydrogens (primary N) is 1. The van der Waals surface area contributed by atoms with Crippen molar-refractivity contribution in [3.05, 3.63) is 71.3 Å². The Labute approximate surface area is 226 Å². The van der Waals surface area contributed by atoms with Crippen molar-refractivity contribution in [1.82, 2.24) is 14.7 Å². The maximum absolute atomic E-state index is 15.9. The molecule has 0 radical (unpaired) electrons. The van der Waals surface area contributed by atoms with E-state index in [2.05, 4.69) is 17.7 Å². The number of amides is 1. The van der Waals surface area contributed by atoms with Crippen LogP contribution in [-0.4, -0.2) is 45.6 Å². The summed E-state index contributed by atoms with van der Waals surface area (Å²) in [5.41, 5.74) is 6.19. The Balaban J connectivity index is 1.54. The van der Waals surface area contributed by atoms with Gasteiger partial charge in [-0.1, -0.05) is 30.9 Å². The van der Waals surface area contributed by atoms with E-state index in [1.165, 1.54) is 16.9 Å². The van der Waals surface area contributed by atoms with Gasteiger partial charge in [0.1, 0.15) is 23.3 Å². The predicted molar refractivity (Wildman–Crippen MR) is 140 cm³/mol. The number of carbonyl (C=O) groups excluding carboxylic acids is 2. The molecule has 2 heterocycles. The minimum atomic E-state index is -1.57. The molecule has 4 atom stereocenters. The summed E-state index contributed by atoms with van der Waals surface area (Å²) in [6.45, 7) is 6.03. The van der Waals surface area contributed by atoms with Crippen molar-refractivity contribution in [2.75, 3.05) is 13.1 Å². The van der Waals surface area contributed by atoms with Crippen molar-refractivity contribution >= 4 is 17.3 Å². The molecule has 1 aliphatic heterocycles. The fourth-order valence-corrected chi connectivity index (χ4v) is 5.28. The maximum Gasteiger partial charge on any atom is 0.252 e. The summed E-state index contributed by atoms with van der Waals surface area (Å²) in [6, 6.07) is 9.00. The Morgan fingerprint density at radius 1 is 1.36 bits per heavy atom. The van der Waals surface area contributed by atoms with E-state index in [1.54, 1.807) is 23.1 Å². The first-order valence-electron chi connectivity index (χ1n) is 12.8. The lowest BCUT2D eigenvalue weighted by atomic mass is 9.83. The number of halogens is 2. The molecule has 1 aromatic heterocycles. The largest absolute Gasteiger partial charge is 0.365 e. The van der Waals surface area contributed by atoms with Gasteiger partial charge in [-0.25, -0.2) is 8.78 Å². The van der Waals surface area contributed by atoms with Gasteiger partial charge < -0.3 is 5.73 Å². The van der Waals surface area contributed by atoms with Crippen molar-refractivity contribution in [2.45, 2.75) is 50.9 Å². The highest BCUT2D eigenvalue weighted by Crippen LogP contribution is 2.40. The molecule has 2 aliphatic rings. The third-order valence-corrected chi connectivity index (χ3v) is 7.78. The fraction of sp³-hybridized carbons (Fsp3) is 0.414. The average Bonchev–Trinajstić information content (AvgIpc) is 3.59. The number of aromatic nitrogens is 2. The first-order chi connectivity index (χ1) is 18.7. The molecule has 0 spiro atoms. The molecule has 0 bridgehead atoms. The number of ketones is 1. The zero-order valence-corrected chi connectivity index (χ0v) is 21.7. The molecule has 39 heavy (non-hydrogen) atoms. The maximum atomic E-state index is 15.9. The molecule has 1 saturated carbocycles. The highest BCUT2D eigenvalue weighted by atomic mass is 19.1. The van der Waals surface area contributed by atoms with Gasteiger partial charge in [-0.05, 0) is 37.0 Å². The van der Waals surface area contributed by atoms with Gasteiger partial charge in [-0.15, -0.1) is 0 Å². The number of nitriles is 2. The number of nitrogens with zero attached hydrogens (tertiary/aromatic N) is 5. The van der Waals surface area contributed by atoms with Gasteiger partial charge in [-0.2, -0.15) is 15.6 Å². The average molecular weight is 533 g/mol. The summed E-state index contributed by atoms with van der Waals surface area (Å²) in [4.78, 5) is 26.5. The van der Waals surface area contributed by atoms with Gasteiger partial charge in [0.25, 0.3) is 5.91 Å². The number of hydrogen-bond acceptors (Lipinski definition) is 6. The minimum Gasteiger partial charge on any atom is -0.365 e. The zero-order valence-electron chi connectivity index (χ0n) is 21.7. The van der Waals surface area contributed by atoms with Crippen LogP contribution in [0.15, 0.2) is 43.1 Å². The third kappa shape index (κ3) is 5.52. The van der Waals surface area contributed by atoms with E-state index in [0.717, 1.165) is 5.57 Å². The minimum absolute atomic E-state index is 0.00775. The van der Waals surface area contributed by atoms with E-state index in [4.69, 9.17) is 11.0 Å². The number of hydrogen-bond donors (Lipinski definition) is 1. The lowest BCUT2D eigenvalue weighted by Gasteiger charge is -2.43. The second-order valence-electron chi connectivity index (χ2n) is 10.2. The number of carbonyl (C=O) groups is 2. The smallest absolute Gasteiger partial charge is 0.252 e. The van der Waals surface area contributed by atoms with Crippen molar-refractivity contribution in [3.8, 4) is 12.1 Å². The van der Waals surface area contributed by atoms with Gasteiger partial charge in [0, 0.05) is 37.3 Å². The molecule has 8 nitrogen and oxygen atoms in total. The van der Waals surface area contributed by atoms with Crippen LogP contribution in [0.2, 0.25) is 0 Å². The van der Waals surface area contributed by atoms with Crippen LogP contribution in [0.5, 0.6) is 0 Å². The molecule has 4 unspecified atom stereocenters. The van der Waals surface area contributed by atoms with E-state index < -0.39 is 29.4 Å². The molecular formula is C29H30F2N6O2. The summed E-state index contributed by atoms with van der Waals surface area (Å²) in [6.07, 6.45) is 3.46. The molecule has 10 heteroatoms. The van der Waals surface area contributed by atoms with Crippen molar-refractivity contribution in [1.29, 1.82) is 10.5 Å². The van der Waals surface area contributed by atoms with Crippen LogP contribution in [0.25, 0.3) is 5.57 Å². The third-order valence-electron chi connectivity index (χ3n) is 7.78. The molecule has 1 saturated heterocycles. The van der Waals surface area contributed by atoms with Crippen molar-refractivity contribution in [3.63, 3.8) is 0 Å². The van der Waals surface area contributed by atoms with Crippen molar-refractivity contribution < 1.29 is 18.4 Å². The van der Waals surface area contributed by atoms with Gasteiger partial charge in [0.2, 0.25) is 0 Å². The lowest BCUT2D eigenvalue weighted by Crippen LogP contribution is -2.54. The molecule has 1 aromatic carbocycles. The molecule has 202 valence electrons. The van der Waals surface area contributed by atoms with Crippen LogP contribution in [0.4, 0.5) is 8.78 Å². The van der Waals surface area contributed by atoms with Crippen LogP contribution in [0.1, 0.15) is 53.4 Å². The van der Waals surface area contributed by atoms with Gasteiger partial charge >= 0.3 is 0 Å². The first kappa shape index (κ1) is 27.9. The van der Waals surface area contributed by atoms with Crippen LogP contribution in [0.3, 0.4) is 0 Å². The summed E-state index contributed by atoms with van der Waals surface area (Å²) in [7, 11) is 0. The standard InChI is InChI=1S/C29H30F2N6O2/c1-3-18(4-2)19-5-6-20(24(30)12-19)15-36-10-8-29(7-9-32,27(31)17-36)37-16-23(28(34)39)25(35-37)13-26(38)22-11-21(22)14-33/h3-6,12,16,21-22,27H,1,7-8,10-11,13,15,17H2,2H3,(H2,34,39)/b18-4+. The Morgan fingerprint density at radius 3 is 2.69 bits per heavy atom. The van der Waals surface area contributed by atoms with E-state index in [1.807, 2.05) is 19.1 Å². The van der Waals surface area contributed by atoms with Crippen molar-refractivity contribution in [2.24, 2.45) is 17.6 Å². The molecule has 1 aliphatic carbocycles. The quantitative estimate of drug-likeness (QED) is 0.463. The van der Waals surface area contributed by atoms with Crippen LogP contribution in [0, 0.1) is 40.3 Å². The number of piperidine rings is 1. The molecule has 2 aromatic rings. The molecule has 1 amide bonds. The normalized spacial score (nSPS) is 24.9. The van der Waals surface area contributed by atoms with Gasteiger partial charge in [0.05, 0.1) is 42.2 Å². The van der Waals surface area contributed by atoms with E-state index in [9.17, 15) is 19.2 Å². The first-order valence-corrected chi connectivity index (χ1v) is 12.8. The molecule has 2 N–H and O–H groups in total. The fourth-order valence-electron chi connectivity index (χ4n) is 5.28. The molecule has 4 rings (SSSR count). The number of primary amides is 1. The highest BCUT2D eigenvalue weighted by Gasteiger charge is 2.47. The Morgan fingerprint density at radius 2 is 2.13 bits per heavy atom.